The van der Waals surface area contributed by atoms with Crippen molar-refractivity contribution >= 4 is 11.0 Å². The van der Waals surface area contributed by atoms with Gasteiger partial charge in [0.15, 0.2) is 0 Å². The molecule has 3 heteroatoms. The topological polar surface area (TPSA) is 54.7 Å². The van der Waals surface area contributed by atoms with Crippen LogP contribution in [0.1, 0.15) is 11.4 Å². The van der Waals surface area contributed by atoms with E-state index in [-0.39, 0.29) is 0 Å². The maximum Gasteiger partial charge on any atom is 0.108 e. The Hall–Kier alpha value is -2.13. The molecule has 0 fully saturated rings. The molecule has 3 aromatic rings. The number of nitrogens with zero attached hydrogens (tertiary/aromatic N) is 1. The number of hydrogen-bond donors (Lipinski definition) is 2. The first kappa shape index (κ1) is 11.9. The summed E-state index contributed by atoms with van der Waals surface area (Å²) in [7, 11) is 0. The van der Waals surface area contributed by atoms with Crippen LogP contribution in [0.3, 0.4) is 0 Å². The highest BCUT2D eigenvalue weighted by Gasteiger charge is 2.05. The largest absolute Gasteiger partial charge is 0.342 e. The number of hydrogen-bond acceptors (Lipinski definition) is 2. The molecule has 0 radical (unpaired) electrons. The first-order valence-corrected chi connectivity index (χ1v) is 6.52. The third kappa shape index (κ3) is 2.25. The van der Waals surface area contributed by atoms with Crippen molar-refractivity contribution in [2.45, 2.75) is 13.3 Å². The van der Waals surface area contributed by atoms with E-state index in [1.807, 2.05) is 0 Å². The summed E-state index contributed by atoms with van der Waals surface area (Å²) >= 11 is 0. The van der Waals surface area contributed by atoms with Crippen LogP contribution in [0.5, 0.6) is 0 Å². The minimum atomic E-state index is 0.616. The second-order valence-electron chi connectivity index (χ2n) is 4.77. The number of nitrogens with one attached hydrogen (secondary N) is 1. The molecule has 96 valence electrons. The summed E-state index contributed by atoms with van der Waals surface area (Å²) in [6.07, 6.45) is 0.786. The van der Waals surface area contributed by atoms with E-state index in [9.17, 15) is 0 Å². The van der Waals surface area contributed by atoms with Crippen molar-refractivity contribution in [2.24, 2.45) is 5.73 Å². The van der Waals surface area contributed by atoms with Crippen molar-refractivity contribution in [3.63, 3.8) is 0 Å². The first-order chi connectivity index (χ1) is 9.28. The molecule has 0 aliphatic heterocycles. The Morgan fingerprint density at radius 1 is 1.16 bits per heavy atom. The summed E-state index contributed by atoms with van der Waals surface area (Å²) in [5.41, 5.74) is 11.4. The Labute approximate surface area is 112 Å². The van der Waals surface area contributed by atoms with Gasteiger partial charge < -0.3 is 10.7 Å². The normalized spacial score (nSPS) is 11.1. The fraction of sp³-hybridized carbons (Fsp3) is 0.188. The Morgan fingerprint density at radius 3 is 2.79 bits per heavy atom. The number of aromatic amines is 1. The molecule has 1 aromatic heterocycles. The molecule has 0 saturated carbocycles. The van der Waals surface area contributed by atoms with Gasteiger partial charge >= 0.3 is 0 Å². The van der Waals surface area contributed by atoms with E-state index in [1.54, 1.807) is 0 Å². The van der Waals surface area contributed by atoms with Crippen molar-refractivity contribution in [3.8, 4) is 11.1 Å². The van der Waals surface area contributed by atoms with E-state index in [1.165, 1.54) is 16.7 Å². The number of aryl methyl sites for hydroxylation is 1. The van der Waals surface area contributed by atoms with Crippen LogP contribution in [0.2, 0.25) is 0 Å². The Balaban J connectivity index is 2.08. The van der Waals surface area contributed by atoms with Crippen molar-refractivity contribution in [1.82, 2.24) is 9.97 Å². The lowest BCUT2D eigenvalue weighted by atomic mass is 10.0. The molecule has 0 aliphatic rings. The molecule has 2 aromatic carbocycles. The number of fused-ring (bicyclic) bond motifs is 1. The summed E-state index contributed by atoms with van der Waals surface area (Å²) in [4.78, 5) is 7.86. The van der Waals surface area contributed by atoms with Gasteiger partial charge in [-0.3, -0.25) is 0 Å². The summed E-state index contributed by atoms with van der Waals surface area (Å²) in [5, 5.41) is 0. The number of benzene rings is 2. The molecule has 3 nitrogen and oxygen atoms in total. The number of nitrogens with two attached hydrogens (primary N) is 1. The molecule has 1 heterocycles. The fourth-order valence-corrected chi connectivity index (χ4v) is 2.38. The molecular formula is C16H17N3. The minimum absolute atomic E-state index is 0.616. The van der Waals surface area contributed by atoms with Crippen molar-refractivity contribution in [2.75, 3.05) is 6.54 Å². The quantitative estimate of drug-likeness (QED) is 0.751. The summed E-state index contributed by atoms with van der Waals surface area (Å²) < 4.78 is 0. The fourth-order valence-electron chi connectivity index (χ4n) is 2.38. The van der Waals surface area contributed by atoms with Crippen molar-refractivity contribution in [3.05, 3.63) is 53.9 Å². The van der Waals surface area contributed by atoms with E-state index in [2.05, 4.69) is 59.4 Å². The molecular weight excluding hydrogens is 234 g/mol. The molecule has 0 atom stereocenters. The number of aromatic nitrogens is 2. The van der Waals surface area contributed by atoms with Crippen molar-refractivity contribution < 1.29 is 0 Å². The van der Waals surface area contributed by atoms with Gasteiger partial charge in [0.2, 0.25) is 0 Å². The van der Waals surface area contributed by atoms with Gasteiger partial charge in [0.25, 0.3) is 0 Å². The molecule has 3 N–H and O–H groups in total. The Morgan fingerprint density at radius 2 is 2.00 bits per heavy atom. The lowest BCUT2D eigenvalue weighted by Gasteiger charge is -2.05. The third-order valence-electron chi connectivity index (χ3n) is 3.37. The second-order valence-corrected chi connectivity index (χ2v) is 4.77. The summed E-state index contributed by atoms with van der Waals surface area (Å²) in [5.74, 6) is 0.958. The number of rotatable bonds is 3. The van der Waals surface area contributed by atoms with E-state index in [0.29, 0.717) is 6.54 Å². The Kier molecular flexibility index (Phi) is 3.05. The van der Waals surface area contributed by atoms with Crippen molar-refractivity contribution in [1.29, 1.82) is 0 Å². The van der Waals surface area contributed by atoms with Gasteiger partial charge in [-0.1, -0.05) is 30.3 Å². The van der Waals surface area contributed by atoms with Crippen LogP contribution < -0.4 is 5.73 Å². The predicted octanol–water partition coefficient (Wildman–Crippen LogP) is 3.04. The maximum atomic E-state index is 5.56. The maximum absolute atomic E-state index is 5.56. The molecule has 0 amide bonds. The second kappa shape index (κ2) is 4.86. The highest BCUT2D eigenvalue weighted by molar-refractivity contribution is 5.82. The molecule has 19 heavy (non-hydrogen) atoms. The zero-order chi connectivity index (χ0) is 13.2. The van der Waals surface area contributed by atoms with Gasteiger partial charge in [-0.15, -0.1) is 0 Å². The molecule has 0 aliphatic carbocycles. The SMILES string of the molecule is Cc1ccccc1-c1ccc2nc(CCN)[nH]c2c1. The van der Waals surface area contributed by atoms with Gasteiger partial charge in [-0.2, -0.15) is 0 Å². The van der Waals surface area contributed by atoms with Crippen LogP contribution in [0.4, 0.5) is 0 Å². The molecule has 0 spiro atoms. The number of imidazole rings is 1. The average Bonchev–Trinajstić information content (AvgIpc) is 2.81. The molecule has 0 unspecified atom stereocenters. The average molecular weight is 251 g/mol. The highest BCUT2D eigenvalue weighted by atomic mass is 14.9. The first-order valence-electron chi connectivity index (χ1n) is 6.52. The standard InChI is InChI=1S/C16H17N3/c1-11-4-2-3-5-13(11)12-6-7-14-15(10-12)19-16(18-14)8-9-17/h2-7,10H,8-9,17H2,1H3,(H,18,19). The molecule has 0 saturated heterocycles. The highest BCUT2D eigenvalue weighted by Crippen LogP contribution is 2.26. The van der Waals surface area contributed by atoms with Crippen LogP contribution in [-0.4, -0.2) is 16.5 Å². The van der Waals surface area contributed by atoms with Gasteiger partial charge in [0.1, 0.15) is 5.82 Å². The van der Waals surface area contributed by atoms with E-state index in [4.69, 9.17) is 5.73 Å². The van der Waals surface area contributed by atoms with E-state index in [0.717, 1.165) is 23.3 Å². The molecule has 0 bridgehead atoms. The van der Waals surface area contributed by atoms with E-state index >= 15 is 0 Å². The third-order valence-corrected chi connectivity index (χ3v) is 3.37. The van der Waals surface area contributed by atoms with Crippen LogP contribution in [0, 0.1) is 6.92 Å². The monoisotopic (exact) mass is 251 g/mol. The van der Waals surface area contributed by atoms with Crippen LogP contribution >= 0.6 is 0 Å². The predicted molar refractivity (Wildman–Crippen MR) is 79.0 cm³/mol. The van der Waals surface area contributed by atoms with Crippen LogP contribution in [0.25, 0.3) is 22.2 Å². The minimum Gasteiger partial charge on any atom is -0.342 e. The van der Waals surface area contributed by atoms with E-state index < -0.39 is 0 Å². The summed E-state index contributed by atoms with van der Waals surface area (Å²) in [6.45, 7) is 2.75. The van der Waals surface area contributed by atoms with Gasteiger partial charge in [0.05, 0.1) is 11.0 Å². The van der Waals surface area contributed by atoms with Crippen LogP contribution in [-0.2, 0) is 6.42 Å². The zero-order valence-electron chi connectivity index (χ0n) is 11.0. The summed E-state index contributed by atoms with van der Waals surface area (Å²) in [6, 6.07) is 14.8. The van der Waals surface area contributed by atoms with Gasteiger partial charge in [0, 0.05) is 6.42 Å². The lowest BCUT2D eigenvalue weighted by Crippen LogP contribution is -2.03. The smallest absolute Gasteiger partial charge is 0.108 e. The number of H-pyrrole nitrogens is 1. The Bertz CT molecular complexity index is 713. The van der Waals surface area contributed by atoms with Gasteiger partial charge in [-0.05, 0) is 42.3 Å². The van der Waals surface area contributed by atoms with Gasteiger partial charge in [-0.25, -0.2) is 4.98 Å². The van der Waals surface area contributed by atoms with Crippen LogP contribution in [0.15, 0.2) is 42.5 Å². The zero-order valence-corrected chi connectivity index (χ0v) is 11.0. The molecule has 3 rings (SSSR count). The lowest BCUT2D eigenvalue weighted by molar-refractivity contribution is 0.900.